The van der Waals surface area contributed by atoms with Gasteiger partial charge in [0.05, 0.1) is 4.11 Å². The van der Waals surface area contributed by atoms with E-state index < -0.39 is 25.5 Å². The molecule has 11 heavy (non-hydrogen) atoms. The normalized spacial score (nSPS) is 19.4. The average molecular weight is 185 g/mol. The summed E-state index contributed by atoms with van der Waals surface area (Å²) in [5.74, 6) is 0. The van der Waals surface area contributed by atoms with Crippen molar-refractivity contribution in [1.29, 1.82) is 0 Å². The van der Waals surface area contributed by atoms with Crippen molar-refractivity contribution in [2.75, 3.05) is 7.04 Å². The van der Waals surface area contributed by atoms with Crippen molar-refractivity contribution in [3.05, 3.63) is 0 Å². The largest absolute Gasteiger partial charge is 0.423 e. The maximum atomic E-state index is 11.7. The Hall–Kier alpha value is -0.460. The molecule has 0 atom stereocenters. The van der Waals surface area contributed by atoms with E-state index in [1.165, 1.54) is 0 Å². The molecule has 7 heteroatoms. The van der Waals surface area contributed by atoms with Crippen LogP contribution in [0.3, 0.4) is 0 Å². The predicted octanol–water partition coefficient (Wildman–Crippen LogP) is 2.13. The number of hydrogen-bond acceptors (Lipinski definition) is 1. The summed E-state index contributed by atoms with van der Waals surface area (Å²) in [5.41, 5.74) is 0. The highest BCUT2D eigenvalue weighted by atomic mass is 19.4. The number of halogens is 6. The fraction of sp³-hybridized carbons (Fsp3) is 1.00. The first-order valence-corrected chi connectivity index (χ1v) is 2.15. The van der Waals surface area contributed by atoms with Crippen LogP contribution in [-0.2, 0) is 4.74 Å². The fourth-order valence-corrected chi connectivity index (χ4v) is 0.319. The van der Waals surface area contributed by atoms with Crippen LogP contribution in [0.15, 0.2) is 0 Å². The van der Waals surface area contributed by atoms with E-state index in [2.05, 4.69) is 4.74 Å². The van der Waals surface area contributed by atoms with Crippen molar-refractivity contribution in [3.63, 3.8) is 0 Å². The summed E-state index contributed by atoms with van der Waals surface area (Å²) in [7, 11) is -3.75. The van der Waals surface area contributed by atoms with Crippen LogP contribution in [0.1, 0.15) is 4.11 Å². The number of methoxy groups -OCH3 is 1. The molecule has 0 bridgehead atoms. The Kier molecular flexibility index (Phi) is 1.60. The Balaban J connectivity index is 4.78. The second kappa shape index (κ2) is 2.88. The molecule has 0 aliphatic carbocycles. The zero-order valence-electron chi connectivity index (χ0n) is 7.75. The maximum Gasteiger partial charge on any atom is 0.423 e. The molecule has 0 aromatic rings. The Morgan fingerprint density at radius 1 is 1.09 bits per heavy atom. The molecule has 0 saturated heterocycles. The van der Waals surface area contributed by atoms with Gasteiger partial charge in [-0.3, -0.25) is 0 Å². The number of alkyl halides is 6. The fourth-order valence-electron chi connectivity index (χ4n) is 0.319. The van der Waals surface area contributed by atoms with Crippen molar-refractivity contribution < 1.29 is 35.2 Å². The third-order valence-electron chi connectivity index (χ3n) is 0.712. The standard InChI is InChI=1S/C4H4F6O/c1-11-2(3(5,6)7)4(8,9)10/h2H,1H3/i1D3. The summed E-state index contributed by atoms with van der Waals surface area (Å²) in [6.45, 7) is 0. The van der Waals surface area contributed by atoms with E-state index in [4.69, 9.17) is 4.11 Å². The van der Waals surface area contributed by atoms with Crippen molar-refractivity contribution in [1.82, 2.24) is 0 Å². The van der Waals surface area contributed by atoms with Crippen LogP contribution < -0.4 is 0 Å². The number of ether oxygens (including phenoxy) is 1. The molecule has 0 rings (SSSR count). The van der Waals surface area contributed by atoms with Crippen LogP contribution in [0.4, 0.5) is 26.3 Å². The van der Waals surface area contributed by atoms with E-state index in [0.29, 0.717) is 0 Å². The molecule has 0 radical (unpaired) electrons. The molecule has 0 amide bonds. The van der Waals surface area contributed by atoms with Crippen LogP contribution in [0, 0.1) is 0 Å². The molecule has 0 aromatic carbocycles. The Labute approximate surface area is 62.2 Å². The topological polar surface area (TPSA) is 9.23 Å². The zero-order valence-corrected chi connectivity index (χ0v) is 4.75. The number of rotatable bonds is 1. The molecule has 0 unspecified atom stereocenters. The van der Waals surface area contributed by atoms with E-state index in [0.717, 1.165) is 0 Å². The minimum Gasteiger partial charge on any atom is -0.364 e. The van der Waals surface area contributed by atoms with Gasteiger partial charge in [0.15, 0.2) is 0 Å². The van der Waals surface area contributed by atoms with Crippen molar-refractivity contribution in [2.24, 2.45) is 0 Å². The Morgan fingerprint density at radius 2 is 1.45 bits per heavy atom. The van der Waals surface area contributed by atoms with Gasteiger partial charge in [-0.15, -0.1) is 0 Å². The van der Waals surface area contributed by atoms with Crippen LogP contribution >= 0.6 is 0 Å². The molecule has 1 nitrogen and oxygen atoms in total. The monoisotopic (exact) mass is 185 g/mol. The SMILES string of the molecule is [2H]C([2H])([2H])OC(C(F)(F)F)C(F)(F)F. The van der Waals surface area contributed by atoms with Gasteiger partial charge in [0.25, 0.3) is 0 Å². The van der Waals surface area contributed by atoms with E-state index >= 15 is 0 Å². The third kappa shape index (κ3) is 2.96. The molecular formula is C4H4F6O. The summed E-state index contributed by atoms with van der Waals surface area (Å²) < 4.78 is 91.2. The highest BCUT2D eigenvalue weighted by Crippen LogP contribution is 2.34. The Bertz CT molecular complexity index is 179. The van der Waals surface area contributed by atoms with E-state index in [1.807, 2.05) is 0 Å². The lowest BCUT2D eigenvalue weighted by Gasteiger charge is -2.20. The van der Waals surface area contributed by atoms with Gasteiger partial charge in [-0.05, 0) is 0 Å². The van der Waals surface area contributed by atoms with Crippen LogP contribution in [0.5, 0.6) is 0 Å². The second-order valence-electron chi connectivity index (χ2n) is 1.58. The molecule has 0 spiro atoms. The number of hydrogen-bond donors (Lipinski definition) is 0. The molecule has 0 saturated carbocycles. The van der Waals surface area contributed by atoms with E-state index in [9.17, 15) is 26.3 Å². The van der Waals surface area contributed by atoms with Crippen molar-refractivity contribution in [3.8, 4) is 0 Å². The summed E-state index contributed by atoms with van der Waals surface area (Å²) in [4.78, 5) is 0. The summed E-state index contributed by atoms with van der Waals surface area (Å²) in [5, 5.41) is 0. The molecule has 0 aliphatic rings. The Morgan fingerprint density at radius 3 is 1.55 bits per heavy atom. The second-order valence-corrected chi connectivity index (χ2v) is 1.58. The van der Waals surface area contributed by atoms with Gasteiger partial charge in [0, 0.05) is 7.04 Å². The predicted molar refractivity (Wildman–Crippen MR) is 22.9 cm³/mol. The van der Waals surface area contributed by atoms with Crippen molar-refractivity contribution in [2.45, 2.75) is 18.5 Å². The molecule has 0 fully saturated rings. The third-order valence-corrected chi connectivity index (χ3v) is 0.712. The molecule has 0 aliphatic heterocycles. The summed E-state index contributed by atoms with van der Waals surface area (Å²) in [6.07, 6.45) is -15.9. The maximum absolute atomic E-state index is 11.7. The van der Waals surface area contributed by atoms with Crippen molar-refractivity contribution >= 4 is 0 Å². The van der Waals surface area contributed by atoms with Gasteiger partial charge in [0.2, 0.25) is 6.10 Å². The van der Waals surface area contributed by atoms with Crippen LogP contribution in [-0.4, -0.2) is 25.5 Å². The molecule has 0 heterocycles. The molecule has 0 aromatic heterocycles. The van der Waals surface area contributed by atoms with Crippen LogP contribution in [0.25, 0.3) is 0 Å². The lowest BCUT2D eigenvalue weighted by Crippen LogP contribution is -2.43. The van der Waals surface area contributed by atoms with Gasteiger partial charge in [-0.1, -0.05) is 0 Å². The van der Waals surface area contributed by atoms with Gasteiger partial charge in [-0.2, -0.15) is 26.3 Å². The molecular weight excluding hydrogens is 178 g/mol. The smallest absolute Gasteiger partial charge is 0.364 e. The lowest BCUT2D eigenvalue weighted by molar-refractivity contribution is -0.315. The molecule has 0 N–H and O–H groups in total. The lowest BCUT2D eigenvalue weighted by atomic mass is 10.3. The first-order chi connectivity index (χ1) is 5.84. The van der Waals surface area contributed by atoms with Crippen LogP contribution in [0.2, 0.25) is 0 Å². The first kappa shape index (κ1) is 6.10. The quantitative estimate of drug-likeness (QED) is 0.568. The first-order valence-electron chi connectivity index (χ1n) is 3.65. The highest BCUT2D eigenvalue weighted by molar-refractivity contribution is 4.74. The summed E-state index contributed by atoms with van der Waals surface area (Å²) in [6, 6.07) is 0. The zero-order chi connectivity index (χ0) is 11.8. The summed E-state index contributed by atoms with van der Waals surface area (Å²) >= 11 is 0. The van der Waals surface area contributed by atoms with Gasteiger partial charge >= 0.3 is 12.4 Å². The highest BCUT2D eigenvalue weighted by Gasteiger charge is 2.57. The van der Waals surface area contributed by atoms with E-state index in [-0.39, 0.29) is 0 Å². The molecule has 68 valence electrons. The average Bonchev–Trinajstić information content (AvgIpc) is 1.75. The minimum atomic E-state index is -5.80. The minimum absolute atomic E-state index is 2.92. The van der Waals surface area contributed by atoms with Gasteiger partial charge in [0.1, 0.15) is 0 Å². The van der Waals surface area contributed by atoms with Gasteiger partial charge < -0.3 is 4.74 Å². The van der Waals surface area contributed by atoms with E-state index in [1.54, 1.807) is 0 Å². The van der Waals surface area contributed by atoms with Gasteiger partial charge in [-0.25, -0.2) is 0 Å².